The molecule has 8 nitrogen and oxygen atoms in total. The second-order valence-electron chi connectivity index (χ2n) is 8.73. The van der Waals surface area contributed by atoms with Crippen molar-refractivity contribution in [2.45, 2.75) is 52.0 Å². The van der Waals surface area contributed by atoms with Crippen molar-refractivity contribution >= 4 is 33.5 Å². The van der Waals surface area contributed by atoms with Crippen LogP contribution in [0.1, 0.15) is 45.5 Å². The van der Waals surface area contributed by atoms with E-state index in [1.165, 1.54) is 0 Å². The summed E-state index contributed by atoms with van der Waals surface area (Å²) in [6, 6.07) is 1.56. The number of nitrogens with zero attached hydrogens (tertiary/aromatic N) is 3. The number of benzene rings is 1. The summed E-state index contributed by atoms with van der Waals surface area (Å²) in [5.41, 5.74) is -0.898. The maximum absolute atomic E-state index is 14.5. The van der Waals surface area contributed by atoms with Crippen LogP contribution in [-0.2, 0) is 21.9 Å². The van der Waals surface area contributed by atoms with Crippen LogP contribution in [0.25, 0.3) is 0 Å². The van der Waals surface area contributed by atoms with Crippen LogP contribution >= 0.6 is 11.6 Å². The molecule has 0 aliphatic heterocycles. The van der Waals surface area contributed by atoms with E-state index in [1.807, 2.05) is 13.8 Å². The van der Waals surface area contributed by atoms with E-state index in [0.29, 0.717) is 6.42 Å². The van der Waals surface area contributed by atoms with E-state index in [1.54, 1.807) is 13.8 Å². The van der Waals surface area contributed by atoms with Crippen LogP contribution < -0.4 is 10.0 Å². The van der Waals surface area contributed by atoms with E-state index in [2.05, 4.69) is 25.0 Å². The molecular weight excluding hydrogens is 464 g/mol. The van der Waals surface area contributed by atoms with Crippen molar-refractivity contribution in [3.63, 3.8) is 0 Å². The lowest BCUT2D eigenvalue weighted by molar-refractivity contribution is 0.259. The van der Waals surface area contributed by atoms with Crippen molar-refractivity contribution in [2.24, 2.45) is 5.92 Å². The summed E-state index contributed by atoms with van der Waals surface area (Å²) in [4.78, 5) is 12.5. The molecule has 0 unspecified atom stereocenters. The molecule has 0 saturated carbocycles. The van der Waals surface area contributed by atoms with E-state index in [0.717, 1.165) is 18.4 Å². The van der Waals surface area contributed by atoms with Crippen LogP contribution in [0.5, 0.6) is 0 Å². The number of aliphatic hydroxyl groups excluding tert-OH is 1. The summed E-state index contributed by atoms with van der Waals surface area (Å²) in [6.45, 7) is 7.14. The lowest BCUT2D eigenvalue weighted by atomic mass is 9.81. The Balaban J connectivity index is 2.44. The number of sulfonamides is 1. The molecule has 1 aromatic heterocycles. The number of hydrogen-bond donors (Lipinski definition) is 3. The van der Waals surface area contributed by atoms with E-state index < -0.39 is 27.1 Å². The van der Waals surface area contributed by atoms with Gasteiger partial charge in [0.25, 0.3) is 0 Å². The van der Waals surface area contributed by atoms with Gasteiger partial charge in [-0.05, 0) is 35.4 Å². The van der Waals surface area contributed by atoms with E-state index in [9.17, 15) is 22.3 Å². The summed E-state index contributed by atoms with van der Waals surface area (Å²) in [7, 11) is -3.68. The number of rotatable bonds is 10. The number of aliphatic hydroxyl groups is 1. The Bertz CT molecular complexity index is 1070. The number of anilines is 2. The first-order chi connectivity index (χ1) is 14.7. The summed E-state index contributed by atoms with van der Waals surface area (Å²) < 4.78 is 54.1. The first kappa shape index (κ1) is 26.1. The lowest BCUT2D eigenvalue weighted by Gasteiger charge is -2.26. The number of hydrogen-bond acceptors (Lipinski definition) is 7. The molecule has 1 aromatic carbocycles. The Morgan fingerprint density at radius 2 is 1.75 bits per heavy atom. The highest BCUT2D eigenvalue weighted by Gasteiger charge is 2.28. The second-order valence-corrected chi connectivity index (χ2v) is 10.9. The highest BCUT2D eigenvalue weighted by Crippen LogP contribution is 2.32. The molecule has 0 bridgehead atoms. The molecule has 0 spiro atoms. The molecule has 178 valence electrons. The fourth-order valence-electron chi connectivity index (χ4n) is 3.24. The molecule has 0 amide bonds. The quantitative estimate of drug-likeness (QED) is 0.435. The zero-order chi connectivity index (χ0) is 24.3. The van der Waals surface area contributed by atoms with Gasteiger partial charge in [0.2, 0.25) is 21.9 Å². The van der Waals surface area contributed by atoms with E-state index in [4.69, 9.17) is 11.6 Å². The lowest BCUT2D eigenvalue weighted by Crippen LogP contribution is -2.28. The van der Waals surface area contributed by atoms with Gasteiger partial charge in [-0.1, -0.05) is 39.3 Å². The van der Waals surface area contributed by atoms with Crippen molar-refractivity contribution in [2.75, 3.05) is 22.9 Å². The van der Waals surface area contributed by atoms with Crippen LogP contribution in [0, 0.1) is 17.6 Å². The molecule has 0 fully saturated rings. The summed E-state index contributed by atoms with van der Waals surface area (Å²) in [6.07, 6.45) is 1.61. The first-order valence-electron chi connectivity index (χ1n) is 9.95. The molecule has 12 heteroatoms. The van der Waals surface area contributed by atoms with Gasteiger partial charge in [0.15, 0.2) is 0 Å². The normalized spacial score (nSPS) is 13.3. The van der Waals surface area contributed by atoms with Crippen molar-refractivity contribution in [3.8, 4) is 0 Å². The zero-order valence-corrected chi connectivity index (χ0v) is 20.2. The summed E-state index contributed by atoms with van der Waals surface area (Å²) in [5, 5.41) is 12.3. The minimum Gasteiger partial charge on any atom is -0.394 e. The molecule has 1 atom stereocenters. The van der Waals surface area contributed by atoms with Gasteiger partial charge in [-0.3, -0.25) is 4.72 Å². The number of halogens is 3. The van der Waals surface area contributed by atoms with Gasteiger partial charge in [-0.25, -0.2) is 17.2 Å². The molecule has 3 N–H and O–H groups in total. The molecule has 1 heterocycles. The Hall–Kier alpha value is -2.11. The topological polar surface area (TPSA) is 117 Å². The first-order valence-corrected chi connectivity index (χ1v) is 12.2. The molecule has 0 aliphatic carbocycles. The van der Waals surface area contributed by atoms with Gasteiger partial charge in [-0.2, -0.15) is 15.0 Å². The minimum atomic E-state index is -3.68. The SMILES string of the molecule is CC(C)C[C@H](CO)Nc1nc(CC(C)(C)c2cc(F)c(Cl)cc2F)nc(NS(C)(=O)=O)n1. The third-order valence-corrected chi connectivity index (χ3v) is 5.45. The summed E-state index contributed by atoms with van der Waals surface area (Å²) in [5.74, 6) is -1.18. The highest BCUT2D eigenvalue weighted by molar-refractivity contribution is 7.91. The number of aromatic nitrogens is 3. The van der Waals surface area contributed by atoms with E-state index in [-0.39, 0.29) is 53.3 Å². The maximum atomic E-state index is 14.5. The molecule has 0 radical (unpaired) electrons. The molecular formula is C20H28ClF2N5O3S. The van der Waals surface area contributed by atoms with Crippen LogP contribution in [0.4, 0.5) is 20.7 Å². The van der Waals surface area contributed by atoms with Crippen LogP contribution in [-0.4, -0.2) is 47.4 Å². The monoisotopic (exact) mass is 491 g/mol. The van der Waals surface area contributed by atoms with Crippen molar-refractivity contribution < 1.29 is 22.3 Å². The van der Waals surface area contributed by atoms with Crippen LogP contribution in [0.3, 0.4) is 0 Å². The maximum Gasteiger partial charge on any atom is 0.241 e. The molecule has 0 saturated heterocycles. The van der Waals surface area contributed by atoms with Gasteiger partial charge in [0.1, 0.15) is 17.5 Å². The predicted octanol–water partition coefficient (Wildman–Crippen LogP) is 3.51. The Morgan fingerprint density at radius 1 is 1.12 bits per heavy atom. The third kappa shape index (κ3) is 7.49. The molecule has 2 aromatic rings. The van der Waals surface area contributed by atoms with Gasteiger partial charge >= 0.3 is 0 Å². The molecule has 0 aliphatic rings. The average Bonchev–Trinajstić information content (AvgIpc) is 2.61. The Kier molecular flexibility index (Phi) is 8.35. The number of nitrogens with one attached hydrogen (secondary N) is 2. The van der Waals surface area contributed by atoms with Gasteiger partial charge in [0.05, 0.1) is 23.9 Å². The fraction of sp³-hybridized carbons (Fsp3) is 0.550. The van der Waals surface area contributed by atoms with Crippen molar-refractivity contribution in [1.29, 1.82) is 0 Å². The highest BCUT2D eigenvalue weighted by atomic mass is 35.5. The molecule has 2 rings (SSSR count). The van der Waals surface area contributed by atoms with Crippen LogP contribution in [0.2, 0.25) is 5.02 Å². The van der Waals surface area contributed by atoms with E-state index >= 15 is 0 Å². The Morgan fingerprint density at radius 3 is 2.31 bits per heavy atom. The predicted molar refractivity (Wildman–Crippen MR) is 120 cm³/mol. The standard InChI is InChI=1S/C20H28ClF2N5O3S/c1-11(2)6-12(10-29)24-18-25-17(26-19(27-18)28-32(5,30)31)9-20(3,4)13-7-16(23)14(21)8-15(13)22/h7-8,11-12,29H,6,9-10H2,1-5H3,(H2,24,25,26,27,28)/t12-/m1/s1. The second kappa shape index (κ2) is 10.2. The van der Waals surface area contributed by atoms with Crippen LogP contribution in [0.15, 0.2) is 12.1 Å². The Labute approximate surface area is 191 Å². The minimum absolute atomic E-state index is 0.0363. The average molecular weight is 492 g/mol. The third-order valence-electron chi connectivity index (χ3n) is 4.61. The summed E-state index contributed by atoms with van der Waals surface area (Å²) >= 11 is 5.66. The van der Waals surface area contributed by atoms with Crippen molar-refractivity contribution in [3.05, 3.63) is 40.2 Å². The molecule has 32 heavy (non-hydrogen) atoms. The fourth-order valence-corrected chi connectivity index (χ4v) is 3.81. The largest absolute Gasteiger partial charge is 0.394 e. The zero-order valence-electron chi connectivity index (χ0n) is 18.6. The van der Waals surface area contributed by atoms with Gasteiger partial charge < -0.3 is 10.4 Å². The van der Waals surface area contributed by atoms with Crippen molar-refractivity contribution in [1.82, 2.24) is 15.0 Å². The van der Waals surface area contributed by atoms with Gasteiger partial charge in [0, 0.05) is 6.42 Å². The smallest absolute Gasteiger partial charge is 0.241 e. The van der Waals surface area contributed by atoms with Gasteiger partial charge in [-0.15, -0.1) is 0 Å².